The summed E-state index contributed by atoms with van der Waals surface area (Å²) in [5, 5.41) is 1.65. The number of anilines is 3. The van der Waals surface area contributed by atoms with E-state index in [2.05, 4.69) is 109 Å². The molecule has 2 aliphatic heterocycles. The Morgan fingerprint density at radius 1 is 0.533 bits per heavy atom. The van der Waals surface area contributed by atoms with E-state index >= 15 is 0 Å². The molecule has 7 aromatic rings. The fourth-order valence-electron chi connectivity index (χ4n) is 7.52. The van der Waals surface area contributed by atoms with Crippen LogP contribution in [0.1, 0.15) is 27.8 Å². The van der Waals surface area contributed by atoms with Gasteiger partial charge < -0.3 is 9.64 Å². The molecule has 0 amide bonds. The first-order valence-electron chi connectivity index (χ1n) is 15.2. The van der Waals surface area contributed by atoms with Crippen LogP contribution in [0.15, 0.2) is 157 Å². The van der Waals surface area contributed by atoms with Gasteiger partial charge in [-0.2, -0.15) is 0 Å². The van der Waals surface area contributed by atoms with Crippen LogP contribution >= 0.6 is 0 Å². The van der Waals surface area contributed by atoms with Crippen LogP contribution in [-0.4, -0.2) is 4.57 Å². The second-order valence-corrected chi connectivity index (χ2v) is 11.8. The number of para-hydroxylation sites is 5. The Kier molecular flexibility index (Phi) is 5.44. The Balaban J connectivity index is 1.32. The zero-order valence-electron chi connectivity index (χ0n) is 24.6. The van der Waals surface area contributed by atoms with Crippen LogP contribution in [0, 0.1) is 6.92 Å². The van der Waals surface area contributed by atoms with E-state index in [0.29, 0.717) is 5.39 Å². The van der Waals surface area contributed by atoms with E-state index in [4.69, 9.17) is 4.74 Å². The number of rotatable bonds is 2. The Hall–Kier alpha value is -5.87. The molecule has 3 heterocycles. The molecule has 4 heteroatoms. The summed E-state index contributed by atoms with van der Waals surface area (Å²) in [4.78, 5) is 16.1. The van der Waals surface area contributed by atoms with Crippen LogP contribution in [0.5, 0.6) is 11.5 Å². The SMILES string of the molecule is Cc1cn(-c2ccccc2)c(=O)c2ccc(N3c4ccccc4C4(c5ccccc5Oc5ccccc54)c4ccccc43)cc12. The summed E-state index contributed by atoms with van der Waals surface area (Å²) in [5.41, 5.74) is 9.10. The molecule has 9 rings (SSSR count). The summed E-state index contributed by atoms with van der Waals surface area (Å²) >= 11 is 0. The predicted octanol–water partition coefficient (Wildman–Crippen LogP) is 9.57. The van der Waals surface area contributed by atoms with Gasteiger partial charge in [0.2, 0.25) is 0 Å². The molecule has 1 aromatic heterocycles. The maximum absolute atomic E-state index is 13.7. The number of nitrogens with zero attached hydrogens (tertiary/aromatic N) is 2. The van der Waals surface area contributed by atoms with Gasteiger partial charge in [0, 0.05) is 34.1 Å². The van der Waals surface area contributed by atoms with Crippen LogP contribution < -0.4 is 15.2 Å². The highest BCUT2D eigenvalue weighted by molar-refractivity contribution is 5.95. The molecular weight excluding hydrogens is 552 g/mol. The van der Waals surface area contributed by atoms with Gasteiger partial charge in [-0.05, 0) is 83.6 Å². The number of fused-ring (bicyclic) bond motifs is 9. The lowest BCUT2D eigenvalue weighted by molar-refractivity contribution is 0.434. The minimum absolute atomic E-state index is 0.0258. The summed E-state index contributed by atoms with van der Waals surface area (Å²) in [6, 6.07) is 50.2. The Morgan fingerprint density at radius 3 is 1.69 bits per heavy atom. The van der Waals surface area contributed by atoms with Crippen LogP contribution in [0.25, 0.3) is 16.5 Å². The van der Waals surface area contributed by atoms with Crippen molar-refractivity contribution in [3.63, 3.8) is 0 Å². The molecule has 0 fully saturated rings. The van der Waals surface area contributed by atoms with Gasteiger partial charge in [0.05, 0.1) is 16.8 Å². The van der Waals surface area contributed by atoms with E-state index in [-0.39, 0.29) is 5.56 Å². The van der Waals surface area contributed by atoms with E-state index < -0.39 is 5.41 Å². The molecule has 0 saturated carbocycles. The van der Waals surface area contributed by atoms with Gasteiger partial charge in [0.1, 0.15) is 11.5 Å². The highest BCUT2D eigenvalue weighted by atomic mass is 16.5. The van der Waals surface area contributed by atoms with Crippen molar-refractivity contribution in [2.24, 2.45) is 0 Å². The number of aryl methyl sites for hydroxylation is 1. The van der Waals surface area contributed by atoms with Crippen molar-refractivity contribution >= 4 is 27.8 Å². The number of hydrogen-bond donors (Lipinski definition) is 0. The largest absolute Gasteiger partial charge is 0.457 e. The highest BCUT2D eigenvalue weighted by Crippen LogP contribution is 2.62. The van der Waals surface area contributed by atoms with Crippen LogP contribution in [0.4, 0.5) is 17.1 Å². The lowest BCUT2D eigenvalue weighted by atomic mass is 9.61. The summed E-state index contributed by atoms with van der Waals surface area (Å²) in [5.74, 6) is 1.73. The molecule has 45 heavy (non-hydrogen) atoms. The van der Waals surface area contributed by atoms with E-state index in [1.165, 1.54) is 11.1 Å². The summed E-state index contributed by atoms with van der Waals surface area (Å²) < 4.78 is 8.26. The van der Waals surface area contributed by atoms with Crippen molar-refractivity contribution in [3.8, 4) is 17.2 Å². The number of benzene rings is 6. The molecule has 1 spiro atoms. The molecule has 0 unspecified atom stereocenters. The van der Waals surface area contributed by atoms with Gasteiger partial charge in [0.25, 0.3) is 5.56 Å². The molecule has 0 saturated heterocycles. The van der Waals surface area contributed by atoms with Crippen molar-refractivity contribution in [3.05, 3.63) is 190 Å². The Morgan fingerprint density at radius 2 is 1.07 bits per heavy atom. The smallest absolute Gasteiger partial charge is 0.262 e. The minimum atomic E-state index is -0.578. The highest BCUT2D eigenvalue weighted by Gasteiger charge is 2.50. The maximum atomic E-state index is 13.7. The van der Waals surface area contributed by atoms with Gasteiger partial charge in [-0.15, -0.1) is 0 Å². The van der Waals surface area contributed by atoms with Crippen molar-refractivity contribution in [1.82, 2.24) is 4.57 Å². The van der Waals surface area contributed by atoms with E-state index in [0.717, 1.165) is 56.3 Å². The van der Waals surface area contributed by atoms with E-state index in [1.54, 1.807) is 4.57 Å². The van der Waals surface area contributed by atoms with Gasteiger partial charge in [-0.3, -0.25) is 9.36 Å². The molecule has 0 N–H and O–H groups in total. The van der Waals surface area contributed by atoms with Gasteiger partial charge in [-0.25, -0.2) is 0 Å². The third kappa shape index (κ3) is 3.51. The second kappa shape index (κ2) is 9.57. The van der Waals surface area contributed by atoms with Crippen molar-refractivity contribution in [1.29, 1.82) is 0 Å². The molecule has 0 aliphatic carbocycles. The fraction of sp³-hybridized carbons (Fsp3) is 0.0488. The van der Waals surface area contributed by atoms with Gasteiger partial charge >= 0.3 is 0 Å². The van der Waals surface area contributed by atoms with E-state index in [9.17, 15) is 4.79 Å². The van der Waals surface area contributed by atoms with Gasteiger partial charge in [0.15, 0.2) is 0 Å². The number of aromatic nitrogens is 1. The number of pyridine rings is 1. The first-order chi connectivity index (χ1) is 22.2. The third-order valence-electron chi connectivity index (χ3n) is 9.39. The lowest BCUT2D eigenvalue weighted by Crippen LogP contribution is -2.39. The van der Waals surface area contributed by atoms with Crippen LogP contribution in [-0.2, 0) is 5.41 Å². The Labute approximate surface area is 261 Å². The zero-order valence-corrected chi connectivity index (χ0v) is 24.6. The first-order valence-corrected chi connectivity index (χ1v) is 15.2. The lowest BCUT2D eigenvalue weighted by Gasteiger charge is -2.48. The summed E-state index contributed by atoms with van der Waals surface area (Å²) in [7, 11) is 0. The monoisotopic (exact) mass is 580 g/mol. The topological polar surface area (TPSA) is 34.5 Å². The van der Waals surface area contributed by atoms with E-state index in [1.807, 2.05) is 54.7 Å². The first kappa shape index (κ1) is 25.6. The molecule has 0 atom stereocenters. The quantitative estimate of drug-likeness (QED) is 0.204. The molecule has 4 nitrogen and oxygen atoms in total. The maximum Gasteiger partial charge on any atom is 0.262 e. The summed E-state index contributed by atoms with van der Waals surface area (Å²) in [6.07, 6.45) is 1.95. The molecule has 0 bridgehead atoms. The Bertz CT molecular complexity index is 2260. The average Bonchev–Trinajstić information content (AvgIpc) is 3.10. The van der Waals surface area contributed by atoms with Gasteiger partial charge in [-0.1, -0.05) is 91.0 Å². The second-order valence-electron chi connectivity index (χ2n) is 11.8. The third-order valence-corrected chi connectivity index (χ3v) is 9.39. The van der Waals surface area contributed by atoms with Crippen molar-refractivity contribution in [2.45, 2.75) is 12.3 Å². The summed E-state index contributed by atoms with van der Waals surface area (Å²) in [6.45, 7) is 2.08. The molecule has 214 valence electrons. The van der Waals surface area contributed by atoms with Crippen LogP contribution in [0.3, 0.4) is 0 Å². The van der Waals surface area contributed by atoms with Crippen LogP contribution in [0.2, 0.25) is 0 Å². The number of ether oxygens (including phenoxy) is 1. The van der Waals surface area contributed by atoms with Crippen molar-refractivity contribution < 1.29 is 4.74 Å². The predicted molar refractivity (Wildman–Crippen MR) is 181 cm³/mol. The minimum Gasteiger partial charge on any atom is -0.457 e. The number of hydrogen-bond acceptors (Lipinski definition) is 3. The molecular formula is C41H28N2O2. The average molecular weight is 581 g/mol. The fourth-order valence-corrected chi connectivity index (χ4v) is 7.52. The molecule has 6 aromatic carbocycles. The standard InChI is InChI=1S/C41H28N2O2/c1-27-26-42(28-13-3-2-4-14-28)40(44)30-24-23-29(25-31(27)30)43-36-19-9-5-15-32(36)41(33-16-6-10-20-37(33)43)34-17-7-11-21-38(34)45-39-22-12-8-18-35(39)41/h2-26H,1H3. The zero-order chi connectivity index (χ0) is 30.1. The molecule has 2 aliphatic rings. The molecule has 0 radical (unpaired) electrons. The normalized spacial score (nSPS) is 13.8. The van der Waals surface area contributed by atoms with Crippen molar-refractivity contribution in [2.75, 3.05) is 4.90 Å².